The second-order valence-electron chi connectivity index (χ2n) is 5.28. The Morgan fingerprint density at radius 1 is 1.50 bits per heavy atom. The van der Waals surface area contributed by atoms with Crippen molar-refractivity contribution in [1.82, 2.24) is 4.90 Å². The van der Waals surface area contributed by atoms with Crippen LogP contribution in [0.2, 0.25) is 0 Å². The Hall–Kier alpha value is -1.55. The third-order valence-corrected chi connectivity index (χ3v) is 3.95. The zero-order valence-corrected chi connectivity index (χ0v) is 12.6. The molecule has 1 amide bonds. The molecule has 1 aromatic carbocycles. The molecule has 2 unspecified atom stereocenters. The van der Waals surface area contributed by atoms with E-state index in [-0.39, 0.29) is 17.9 Å². The van der Waals surface area contributed by atoms with Crippen LogP contribution in [0.5, 0.6) is 0 Å². The van der Waals surface area contributed by atoms with Gasteiger partial charge in [-0.3, -0.25) is 4.79 Å². The van der Waals surface area contributed by atoms with Crippen LogP contribution in [0.25, 0.3) is 0 Å². The molecule has 4 nitrogen and oxygen atoms in total. The highest BCUT2D eigenvalue weighted by molar-refractivity contribution is 5.86. The molecular weight excluding hydrogens is 252 g/mol. The van der Waals surface area contributed by atoms with Crippen molar-refractivity contribution in [2.75, 3.05) is 32.1 Å². The van der Waals surface area contributed by atoms with E-state index in [1.54, 1.807) is 7.11 Å². The Morgan fingerprint density at radius 2 is 2.25 bits per heavy atom. The molecule has 1 N–H and O–H groups in total. The standard InChI is InChI=1S/C16H24N2O2/c1-4-18(12(2)11-20-3)16(19)14-9-10-17-15-8-6-5-7-13(14)15/h5-8,12,14,17H,4,9-11H2,1-3H3. The van der Waals surface area contributed by atoms with Crippen LogP contribution in [-0.2, 0) is 9.53 Å². The van der Waals surface area contributed by atoms with Gasteiger partial charge in [0.1, 0.15) is 0 Å². The van der Waals surface area contributed by atoms with Gasteiger partial charge in [0.25, 0.3) is 0 Å². The van der Waals surface area contributed by atoms with E-state index in [0.717, 1.165) is 30.8 Å². The van der Waals surface area contributed by atoms with Crippen LogP contribution in [0.3, 0.4) is 0 Å². The predicted octanol–water partition coefficient (Wildman–Crippen LogP) is 2.47. The lowest BCUT2D eigenvalue weighted by atomic mass is 9.89. The van der Waals surface area contributed by atoms with Gasteiger partial charge in [0.2, 0.25) is 5.91 Å². The van der Waals surface area contributed by atoms with Crippen molar-refractivity contribution in [3.8, 4) is 0 Å². The van der Waals surface area contributed by atoms with Crippen LogP contribution < -0.4 is 5.32 Å². The topological polar surface area (TPSA) is 41.6 Å². The number of ether oxygens (including phenoxy) is 1. The Kier molecular flexibility index (Phi) is 5.01. The second kappa shape index (κ2) is 6.75. The number of nitrogens with zero attached hydrogens (tertiary/aromatic N) is 1. The first kappa shape index (κ1) is 14.9. The minimum absolute atomic E-state index is 0.0355. The average Bonchev–Trinajstić information content (AvgIpc) is 2.47. The van der Waals surface area contributed by atoms with Gasteiger partial charge in [-0.2, -0.15) is 0 Å². The summed E-state index contributed by atoms with van der Waals surface area (Å²) < 4.78 is 5.19. The molecule has 0 saturated carbocycles. The summed E-state index contributed by atoms with van der Waals surface area (Å²) in [7, 11) is 1.68. The molecule has 0 spiro atoms. The maximum absolute atomic E-state index is 12.9. The molecule has 0 aliphatic carbocycles. The van der Waals surface area contributed by atoms with Crippen molar-refractivity contribution >= 4 is 11.6 Å². The molecule has 0 bridgehead atoms. The van der Waals surface area contributed by atoms with Crippen LogP contribution in [0, 0.1) is 0 Å². The number of rotatable bonds is 5. The van der Waals surface area contributed by atoms with Crippen molar-refractivity contribution in [3.05, 3.63) is 29.8 Å². The minimum Gasteiger partial charge on any atom is -0.385 e. The maximum Gasteiger partial charge on any atom is 0.230 e. The Balaban J connectivity index is 2.20. The van der Waals surface area contributed by atoms with Gasteiger partial charge >= 0.3 is 0 Å². The summed E-state index contributed by atoms with van der Waals surface area (Å²) in [4.78, 5) is 14.8. The third kappa shape index (κ3) is 2.96. The first-order valence-electron chi connectivity index (χ1n) is 7.31. The van der Waals surface area contributed by atoms with E-state index in [1.807, 2.05) is 36.9 Å². The van der Waals surface area contributed by atoms with Crippen LogP contribution >= 0.6 is 0 Å². The lowest BCUT2D eigenvalue weighted by molar-refractivity contribution is -0.135. The summed E-state index contributed by atoms with van der Waals surface area (Å²) in [5.41, 5.74) is 2.21. The smallest absolute Gasteiger partial charge is 0.230 e. The number of carbonyl (C=O) groups excluding carboxylic acids is 1. The molecule has 20 heavy (non-hydrogen) atoms. The number of amides is 1. The van der Waals surface area contributed by atoms with Crippen LogP contribution in [0.1, 0.15) is 31.7 Å². The third-order valence-electron chi connectivity index (χ3n) is 3.95. The zero-order valence-electron chi connectivity index (χ0n) is 12.6. The second-order valence-corrected chi connectivity index (χ2v) is 5.28. The van der Waals surface area contributed by atoms with E-state index in [4.69, 9.17) is 4.74 Å². The normalized spacial score (nSPS) is 18.9. The summed E-state index contributed by atoms with van der Waals surface area (Å²) >= 11 is 0. The molecule has 4 heteroatoms. The predicted molar refractivity (Wildman–Crippen MR) is 81.0 cm³/mol. The number of hydrogen-bond acceptors (Lipinski definition) is 3. The highest BCUT2D eigenvalue weighted by atomic mass is 16.5. The van der Waals surface area contributed by atoms with Gasteiger partial charge in [-0.15, -0.1) is 0 Å². The lowest BCUT2D eigenvalue weighted by Gasteiger charge is -2.34. The number of benzene rings is 1. The molecule has 1 aliphatic heterocycles. The minimum atomic E-state index is -0.0355. The van der Waals surface area contributed by atoms with Gasteiger partial charge in [0.05, 0.1) is 18.6 Å². The molecule has 0 fully saturated rings. The molecule has 1 heterocycles. The zero-order chi connectivity index (χ0) is 14.5. The van der Waals surface area contributed by atoms with Gasteiger partial charge in [-0.1, -0.05) is 18.2 Å². The molecule has 0 aromatic heterocycles. The lowest BCUT2D eigenvalue weighted by Crippen LogP contribution is -2.44. The van der Waals surface area contributed by atoms with Crippen molar-refractivity contribution in [1.29, 1.82) is 0 Å². The van der Waals surface area contributed by atoms with Gasteiger partial charge in [-0.25, -0.2) is 0 Å². The SMILES string of the molecule is CCN(C(=O)C1CCNc2ccccc21)C(C)COC. The van der Waals surface area contributed by atoms with Crippen LogP contribution in [0.15, 0.2) is 24.3 Å². The van der Waals surface area contributed by atoms with Crippen LogP contribution in [-0.4, -0.2) is 43.7 Å². The number of methoxy groups -OCH3 is 1. The van der Waals surface area contributed by atoms with E-state index < -0.39 is 0 Å². The number of fused-ring (bicyclic) bond motifs is 1. The van der Waals surface area contributed by atoms with Crippen LogP contribution in [0.4, 0.5) is 5.69 Å². The maximum atomic E-state index is 12.9. The number of hydrogen-bond donors (Lipinski definition) is 1. The molecule has 0 radical (unpaired) electrons. The molecule has 1 aromatic rings. The first-order valence-corrected chi connectivity index (χ1v) is 7.31. The molecule has 1 aliphatic rings. The van der Waals surface area contributed by atoms with E-state index in [2.05, 4.69) is 11.4 Å². The van der Waals surface area contributed by atoms with Gasteiger partial charge in [0, 0.05) is 25.9 Å². The number of nitrogens with one attached hydrogen (secondary N) is 1. The summed E-state index contributed by atoms with van der Waals surface area (Å²) in [6.45, 7) is 6.21. The number of likely N-dealkylation sites (N-methyl/N-ethyl adjacent to an activating group) is 1. The van der Waals surface area contributed by atoms with E-state index >= 15 is 0 Å². The molecule has 2 rings (SSSR count). The highest BCUT2D eigenvalue weighted by Gasteiger charge is 2.31. The molecular formula is C16H24N2O2. The number of anilines is 1. The van der Waals surface area contributed by atoms with E-state index in [1.165, 1.54) is 0 Å². The first-order chi connectivity index (χ1) is 9.69. The number of carbonyl (C=O) groups is 1. The monoisotopic (exact) mass is 276 g/mol. The fraction of sp³-hybridized carbons (Fsp3) is 0.562. The van der Waals surface area contributed by atoms with Crippen molar-refractivity contribution in [3.63, 3.8) is 0 Å². The fourth-order valence-corrected chi connectivity index (χ4v) is 2.94. The van der Waals surface area contributed by atoms with Gasteiger partial charge < -0.3 is 15.0 Å². The van der Waals surface area contributed by atoms with Crippen molar-refractivity contribution in [2.45, 2.75) is 32.2 Å². The van der Waals surface area contributed by atoms with E-state index in [0.29, 0.717) is 6.61 Å². The summed E-state index contributed by atoms with van der Waals surface area (Å²) in [5, 5.41) is 3.36. The Morgan fingerprint density at radius 3 is 2.95 bits per heavy atom. The summed E-state index contributed by atoms with van der Waals surface area (Å²) in [6, 6.07) is 8.22. The summed E-state index contributed by atoms with van der Waals surface area (Å²) in [5.74, 6) is 0.178. The highest BCUT2D eigenvalue weighted by Crippen LogP contribution is 2.33. The average molecular weight is 276 g/mol. The van der Waals surface area contributed by atoms with Gasteiger partial charge in [-0.05, 0) is 31.9 Å². The summed E-state index contributed by atoms with van der Waals surface area (Å²) in [6.07, 6.45) is 0.853. The Labute approximate surface area is 121 Å². The molecule has 2 atom stereocenters. The van der Waals surface area contributed by atoms with E-state index in [9.17, 15) is 4.79 Å². The van der Waals surface area contributed by atoms with Crippen molar-refractivity contribution < 1.29 is 9.53 Å². The number of para-hydroxylation sites is 1. The van der Waals surface area contributed by atoms with Gasteiger partial charge in [0.15, 0.2) is 0 Å². The molecule has 0 saturated heterocycles. The fourth-order valence-electron chi connectivity index (χ4n) is 2.94. The Bertz CT molecular complexity index is 462. The molecule has 110 valence electrons. The van der Waals surface area contributed by atoms with Crippen molar-refractivity contribution in [2.24, 2.45) is 0 Å². The largest absolute Gasteiger partial charge is 0.385 e. The quantitative estimate of drug-likeness (QED) is 0.898.